The Hall–Kier alpha value is -2.33. The summed E-state index contributed by atoms with van der Waals surface area (Å²) in [6.45, 7) is 2.23. The zero-order valence-corrected chi connectivity index (χ0v) is 13.0. The van der Waals surface area contributed by atoms with Crippen LogP contribution in [0, 0.1) is 6.92 Å². The highest BCUT2D eigenvalue weighted by molar-refractivity contribution is 6.33. The quantitative estimate of drug-likeness (QED) is 0.818. The van der Waals surface area contributed by atoms with Gasteiger partial charge in [0, 0.05) is 18.5 Å². The first-order valence-electron chi connectivity index (χ1n) is 6.95. The lowest BCUT2D eigenvalue weighted by atomic mass is 10.1. The fourth-order valence-corrected chi connectivity index (χ4v) is 2.09. The molecule has 5 heteroatoms. The molecule has 2 aromatic carbocycles. The Bertz CT molecular complexity index is 669. The van der Waals surface area contributed by atoms with Crippen molar-refractivity contribution in [2.24, 2.45) is 0 Å². The van der Waals surface area contributed by atoms with Crippen LogP contribution in [0.1, 0.15) is 22.3 Å². The molecule has 0 aliphatic heterocycles. The van der Waals surface area contributed by atoms with E-state index < -0.39 is 0 Å². The molecule has 0 aliphatic rings. The second-order valence-corrected chi connectivity index (χ2v) is 5.31. The fraction of sp³-hybridized carbons (Fsp3) is 0.176. The first-order chi connectivity index (χ1) is 10.6. The molecule has 0 fully saturated rings. The van der Waals surface area contributed by atoms with Crippen molar-refractivity contribution in [2.75, 3.05) is 11.9 Å². The number of carbonyl (C=O) groups is 2. The highest BCUT2D eigenvalue weighted by atomic mass is 35.5. The van der Waals surface area contributed by atoms with E-state index in [1.54, 1.807) is 36.4 Å². The van der Waals surface area contributed by atoms with Gasteiger partial charge in [0.1, 0.15) is 0 Å². The first kappa shape index (κ1) is 16.0. The monoisotopic (exact) mass is 316 g/mol. The molecule has 2 rings (SSSR count). The molecule has 0 saturated carbocycles. The number of aryl methyl sites for hydroxylation is 1. The Balaban J connectivity index is 1.78. The SMILES string of the molecule is Cc1ccc(C(=O)CCNC(=O)Nc2ccccc2Cl)cc1. The van der Waals surface area contributed by atoms with Crippen LogP contribution < -0.4 is 10.6 Å². The Kier molecular flexibility index (Phi) is 5.55. The number of carbonyl (C=O) groups excluding carboxylic acids is 2. The molecular weight excluding hydrogens is 300 g/mol. The standard InChI is InChI=1S/C17H17ClN2O2/c1-12-6-8-13(9-7-12)16(21)10-11-19-17(22)20-15-5-3-2-4-14(15)18/h2-9H,10-11H2,1H3,(H2,19,20,22). The molecule has 0 radical (unpaired) electrons. The Morgan fingerprint density at radius 1 is 1.05 bits per heavy atom. The number of rotatable bonds is 5. The van der Waals surface area contributed by atoms with E-state index in [-0.39, 0.29) is 24.8 Å². The normalized spacial score (nSPS) is 10.1. The van der Waals surface area contributed by atoms with Crippen LogP contribution in [0.3, 0.4) is 0 Å². The molecule has 2 amide bonds. The van der Waals surface area contributed by atoms with Gasteiger partial charge in [-0.1, -0.05) is 53.6 Å². The largest absolute Gasteiger partial charge is 0.337 e. The number of amides is 2. The van der Waals surface area contributed by atoms with Crippen LogP contribution in [0.2, 0.25) is 5.02 Å². The average molecular weight is 317 g/mol. The molecule has 0 aromatic heterocycles. The van der Waals surface area contributed by atoms with Crippen molar-refractivity contribution in [1.82, 2.24) is 5.32 Å². The summed E-state index contributed by atoms with van der Waals surface area (Å²) < 4.78 is 0. The number of anilines is 1. The summed E-state index contributed by atoms with van der Waals surface area (Å²) in [6, 6.07) is 14.0. The van der Waals surface area contributed by atoms with Gasteiger partial charge in [-0.25, -0.2) is 4.79 Å². The van der Waals surface area contributed by atoms with Crippen molar-refractivity contribution in [1.29, 1.82) is 0 Å². The number of halogens is 1. The second kappa shape index (κ2) is 7.61. The van der Waals surface area contributed by atoms with E-state index in [1.807, 2.05) is 19.1 Å². The summed E-state index contributed by atoms with van der Waals surface area (Å²) in [4.78, 5) is 23.7. The Morgan fingerprint density at radius 2 is 1.73 bits per heavy atom. The smallest absolute Gasteiger partial charge is 0.319 e. The maximum Gasteiger partial charge on any atom is 0.319 e. The fourth-order valence-electron chi connectivity index (χ4n) is 1.90. The van der Waals surface area contributed by atoms with E-state index in [2.05, 4.69) is 10.6 Å². The number of para-hydroxylation sites is 1. The molecule has 2 N–H and O–H groups in total. The molecule has 0 saturated heterocycles. The zero-order chi connectivity index (χ0) is 15.9. The third-order valence-corrected chi connectivity index (χ3v) is 3.46. The van der Waals surface area contributed by atoms with E-state index >= 15 is 0 Å². The number of ketones is 1. The third kappa shape index (κ3) is 4.60. The van der Waals surface area contributed by atoms with Crippen molar-refractivity contribution in [2.45, 2.75) is 13.3 Å². The maximum absolute atomic E-state index is 12.0. The lowest BCUT2D eigenvalue weighted by Crippen LogP contribution is -2.30. The van der Waals surface area contributed by atoms with Crippen LogP contribution >= 0.6 is 11.6 Å². The highest BCUT2D eigenvalue weighted by Gasteiger charge is 2.08. The van der Waals surface area contributed by atoms with E-state index in [1.165, 1.54) is 0 Å². The van der Waals surface area contributed by atoms with Gasteiger partial charge < -0.3 is 10.6 Å². The molecule has 0 bridgehead atoms. The lowest BCUT2D eigenvalue weighted by molar-refractivity contribution is 0.0984. The van der Waals surface area contributed by atoms with Crippen LogP contribution in [0.5, 0.6) is 0 Å². The molecule has 0 heterocycles. The minimum Gasteiger partial charge on any atom is -0.337 e. The minimum absolute atomic E-state index is 0.00181. The van der Waals surface area contributed by atoms with Crippen molar-refractivity contribution < 1.29 is 9.59 Å². The van der Waals surface area contributed by atoms with Gasteiger partial charge in [-0.2, -0.15) is 0 Å². The predicted molar refractivity (Wildman–Crippen MR) is 88.6 cm³/mol. The lowest BCUT2D eigenvalue weighted by Gasteiger charge is -2.08. The van der Waals surface area contributed by atoms with Gasteiger partial charge in [-0.15, -0.1) is 0 Å². The number of Topliss-reactive ketones (excluding diaryl/α,β-unsaturated/α-hetero) is 1. The summed E-state index contributed by atoms with van der Waals surface area (Å²) in [5, 5.41) is 5.74. The highest BCUT2D eigenvalue weighted by Crippen LogP contribution is 2.19. The van der Waals surface area contributed by atoms with E-state index in [0.717, 1.165) is 5.56 Å². The van der Waals surface area contributed by atoms with E-state index in [4.69, 9.17) is 11.6 Å². The number of hydrogen-bond donors (Lipinski definition) is 2. The van der Waals surface area contributed by atoms with Gasteiger partial charge >= 0.3 is 6.03 Å². The molecule has 0 unspecified atom stereocenters. The van der Waals surface area contributed by atoms with E-state index in [0.29, 0.717) is 16.3 Å². The molecule has 4 nitrogen and oxygen atoms in total. The number of hydrogen-bond acceptors (Lipinski definition) is 2. The van der Waals surface area contributed by atoms with Crippen molar-refractivity contribution in [3.05, 3.63) is 64.7 Å². The number of benzene rings is 2. The summed E-state index contributed by atoms with van der Waals surface area (Å²) >= 11 is 5.95. The Morgan fingerprint density at radius 3 is 2.41 bits per heavy atom. The molecule has 0 atom stereocenters. The number of urea groups is 1. The van der Waals surface area contributed by atoms with Crippen LogP contribution in [0.4, 0.5) is 10.5 Å². The zero-order valence-electron chi connectivity index (χ0n) is 12.2. The molecular formula is C17H17ClN2O2. The molecule has 2 aromatic rings. The van der Waals surface area contributed by atoms with Crippen LogP contribution in [0.25, 0.3) is 0 Å². The van der Waals surface area contributed by atoms with Crippen molar-refractivity contribution in [3.63, 3.8) is 0 Å². The van der Waals surface area contributed by atoms with Crippen LogP contribution in [0.15, 0.2) is 48.5 Å². The molecule has 0 spiro atoms. The summed E-state index contributed by atoms with van der Waals surface area (Å²) in [6.07, 6.45) is 0.249. The van der Waals surface area contributed by atoms with Gasteiger partial charge in [0.25, 0.3) is 0 Å². The van der Waals surface area contributed by atoms with Gasteiger partial charge in [-0.3, -0.25) is 4.79 Å². The summed E-state index contributed by atoms with van der Waals surface area (Å²) in [7, 11) is 0. The van der Waals surface area contributed by atoms with Gasteiger partial charge in [-0.05, 0) is 19.1 Å². The molecule has 0 aliphatic carbocycles. The number of nitrogens with one attached hydrogen (secondary N) is 2. The molecule has 22 heavy (non-hydrogen) atoms. The van der Waals surface area contributed by atoms with Crippen molar-refractivity contribution >= 4 is 29.1 Å². The van der Waals surface area contributed by atoms with Gasteiger partial charge in [0.15, 0.2) is 5.78 Å². The third-order valence-electron chi connectivity index (χ3n) is 3.13. The van der Waals surface area contributed by atoms with Gasteiger partial charge in [0.05, 0.1) is 10.7 Å². The first-order valence-corrected chi connectivity index (χ1v) is 7.33. The van der Waals surface area contributed by atoms with Crippen LogP contribution in [-0.4, -0.2) is 18.4 Å². The second-order valence-electron chi connectivity index (χ2n) is 4.90. The molecule has 114 valence electrons. The Labute approximate surface area is 134 Å². The summed E-state index contributed by atoms with van der Waals surface area (Å²) in [5.41, 5.74) is 2.29. The van der Waals surface area contributed by atoms with Crippen LogP contribution in [-0.2, 0) is 0 Å². The van der Waals surface area contributed by atoms with Crippen molar-refractivity contribution in [3.8, 4) is 0 Å². The minimum atomic E-state index is -0.384. The average Bonchev–Trinajstić information content (AvgIpc) is 2.50. The summed E-state index contributed by atoms with van der Waals surface area (Å²) in [5.74, 6) is -0.00181. The maximum atomic E-state index is 12.0. The topological polar surface area (TPSA) is 58.2 Å². The predicted octanol–water partition coefficient (Wildman–Crippen LogP) is 4.04. The van der Waals surface area contributed by atoms with Gasteiger partial charge in [0.2, 0.25) is 0 Å². The van der Waals surface area contributed by atoms with E-state index in [9.17, 15) is 9.59 Å².